The molecule has 2 aromatic rings. The number of hydrogen-bond acceptors (Lipinski definition) is 6. The third kappa shape index (κ3) is 4.08. The number of benzene rings is 1. The van der Waals surface area contributed by atoms with Gasteiger partial charge in [0.25, 0.3) is 10.9 Å². The lowest BCUT2D eigenvalue weighted by Gasteiger charge is -2.37. The Morgan fingerprint density at radius 2 is 1.76 bits per heavy atom. The van der Waals surface area contributed by atoms with Crippen molar-refractivity contribution in [2.24, 2.45) is 0 Å². The Labute approximate surface area is 147 Å². The van der Waals surface area contributed by atoms with E-state index in [-0.39, 0.29) is 10.9 Å². The van der Waals surface area contributed by atoms with Crippen LogP contribution in [-0.2, 0) is 11.3 Å². The fourth-order valence-electron chi connectivity index (χ4n) is 3.25. The van der Waals surface area contributed by atoms with Crippen LogP contribution in [-0.4, -0.2) is 51.3 Å². The fourth-order valence-corrected chi connectivity index (χ4v) is 3.25. The molecule has 0 aliphatic carbocycles. The predicted octanol–water partition coefficient (Wildman–Crippen LogP) is 1.05. The van der Waals surface area contributed by atoms with Crippen LogP contribution < -0.4 is 21.1 Å². The van der Waals surface area contributed by atoms with Crippen molar-refractivity contribution in [2.45, 2.75) is 13.0 Å². The summed E-state index contributed by atoms with van der Waals surface area (Å²) in [6.45, 7) is 5.50. The molecule has 6 heteroatoms. The second-order valence-corrected chi connectivity index (χ2v) is 6.40. The zero-order valence-corrected chi connectivity index (χ0v) is 14.7. The van der Waals surface area contributed by atoms with Gasteiger partial charge in [-0.25, -0.2) is 0 Å². The first-order chi connectivity index (χ1) is 12.2. The summed E-state index contributed by atoms with van der Waals surface area (Å²) in [6, 6.07) is 10.4. The minimum Gasteiger partial charge on any atom is -0.385 e. The lowest BCUT2D eigenvalue weighted by atomic mass is 10.1. The molecule has 1 aliphatic rings. The monoisotopic (exact) mass is 343 g/mol. The van der Waals surface area contributed by atoms with Gasteiger partial charge in [-0.05, 0) is 12.0 Å². The molecule has 0 spiro atoms. The van der Waals surface area contributed by atoms with Gasteiger partial charge in [0.2, 0.25) is 0 Å². The van der Waals surface area contributed by atoms with Crippen molar-refractivity contribution < 1.29 is 4.74 Å². The topological polar surface area (TPSA) is 61.9 Å². The van der Waals surface area contributed by atoms with E-state index < -0.39 is 0 Å². The van der Waals surface area contributed by atoms with Gasteiger partial charge in [0.05, 0.1) is 0 Å². The number of hydrogen-bond donors (Lipinski definition) is 1. The normalized spacial score (nSPS) is 15.6. The van der Waals surface area contributed by atoms with Gasteiger partial charge in [0.1, 0.15) is 11.4 Å². The van der Waals surface area contributed by atoms with Crippen LogP contribution in [0.1, 0.15) is 12.0 Å². The quantitative estimate of drug-likeness (QED) is 0.571. The summed E-state index contributed by atoms with van der Waals surface area (Å²) in [5.74, 6) is 0. The van der Waals surface area contributed by atoms with E-state index in [0.29, 0.717) is 24.5 Å². The standard InChI is InChI=1S/C19H25N3O3/c1-25-13-5-8-20-16-17(19(24)18(16)23)22-11-9-21(10-12-22)14-15-6-3-2-4-7-15/h2-4,6-7,20H,5,8-14H2,1H3. The smallest absolute Gasteiger partial charge is 0.253 e. The Bertz CT molecular complexity index is 745. The van der Waals surface area contributed by atoms with Crippen LogP contribution >= 0.6 is 0 Å². The highest BCUT2D eigenvalue weighted by Gasteiger charge is 2.28. The number of rotatable bonds is 8. The van der Waals surface area contributed by atoms with Gasteiger partial charge in [-0.2, -0.15) is 0 Å². The van der Waals surface area contributed by atoms with E-state index in [1.807, 2.05) is 11.0 Å². The third-order valence-electron chi connectivity index (χ3n) is 4.65. The highest BCUT2D eigenvalue weighted by atomic mass is 16.5. The molecule has 1 fully saturated rings. The lowest BCUT2D eigenvalue weighted by Crippen LogP contribution is -2.51. The fraction of sp³-hybridized carbons (Fsp3) is 0.474. The second-order valence-electron chi connectivity index (χ2n) is 6.40. The molecule has 6 nitrogen and oxygen atoms in total. The summed E-state index contributed by atoms with van der Waals surface area (Å²) in [5, 5.41) is 3.11. The minimum atomic E-state index is -0.390. The minimum absolute atomic E-state index is 0.356. The van der Waals surface area contributed by atoms with Crippen molar-refractivity contribution >= 4 is 11.4 Å². The van der Waals surface area contributed by atoms with Gasteiger partial charge in [0, 0.05) is 53.0 Å². The van der Waals surface area contributed by atoms with E-state index in [1.165, 1.54) is 5.56 Å². The van der Waals surface area contributed by atoms with Crippen LogP contribution in [0, 0.1) is 0 Å². The zero-order chi connectivity index (χ0) is 17.6. The Kier molecular flexibility index (Phi) is 5.83. The molecule has 1 N–H and O–H groups in total. The summed E-state index contributed by atoms with van der Waals surface area (Å²) in [7, 11) is 1.65. The lowest BCUT2D eigenvalue weighted by molar-refractivity contribution is 0.198. The average molecular weight is 343 g/mol. The van der Waals surface area contributed by atoms with E-state index in [4.69, 9.17) is 4.74 Å². The Hall–Kier alpha value is -2.18. The average Bonchev–Trinajstić information content (AvgIpc) is 2.65. The Morgan fingerprint density at radius 1 is 1.04 bits per heavy atom. The van der Waals surface area contributed by atoms with Gasteiger partial charge < -0.3 is 15.0 Å². The molecule has 2 aromatic carbocycles. The van der Waals surface area contributed by atoms with E-state index in [0.717, 1.165) is 39.1 Å². The first-order valence-corrected chi connectivity index (χ1v) is 8.78. The number of piperazine rings is 1. The van der Waals surface area contributed by atoms with Gasteiger partial charge >= 0.3 is 0 Å². The predicted molar refractivity (Wildman–Crippen MR) is 100 cm³/mol. The van der Waals surface area contributed by atoms with E-state index in [1.54, 1.807) is 7.11 Å². The summed E-state index contributed by atoms with van der Waals surface area (Å²) in [5.41, 5.74) is 1.61. The second kappa shape index (κ2) is 8.27. The van der Waals surface area contributed by atoms with Crippen molar-refractivity contribution in [2.75, 3.05) is 56.7 Å². The van der Waals surface area contributed by atoms with Gasteiger partial charge in [0.15, 0.2) is 0 Å². The number of nitrogens with zero attached hydrogens (tertiary/aromatic N) is 2. The highest BCUT2D eigenvalue weighted by Crippen LogP contribution is 2.22. The highest BCUT2D eigenvalue weighted by molar-refractivity contribution is 5.75. The SMILES string of the molecule is COCCCNc1c(N2CCN(Cc3ccccc3)CC2)c(=O)c1=O. The van der Waals surface area contributed by atoms with Crippen LogP contribution in [0.25, 0.3) is 0 Å². The van der Waals surface area contributed by atoms with Gasteiger partial charge in [-0.1, -0.05) is 30.3 Å². The maximum atomic E-state index is 12.0. The molecule has 134 valence electrons. The van der Waals surface area contributed by atoms with Crippen LogP contribution in [0.3, 0.4) is 0 Å². The summed E-state index contributed by atoms with van der Waals surface area (Å²) >= 11 is 0. The number of ether oxygens (including phenoxy) is 1. The van der Waals surface area contributed by atoms with Crippen molar-refractivity contribution in [3.63, 3.8) is 0 Å². The molecule has 0 amide bonds. The van der Waals surface area contributed by atoms with Crippen LogP contribution in [0.5, 0.6) is 0 Å². The van der Waals surface area contributed by atoms with Gasteiger partial charge in [-0.3, -0.25) is 14.5 Å². The molecule has 1 heterocycles. The van der Waals surface area contributed by atoms with Crippen molar-refractivity contribution in [3.05, 3.63) is 56.3 Å². The molecule has 0 radical (unpaired) electrons. The molecule has 0 saturated carbocycles. The molecular formula is C19H25N3O3. The number of nitrogens with one attached hydrogen (secondary N) is 1. The molecule has 0 bridgehead atoms. The van der Waals surface area contributed by atoms with Crippen LogP contribution in [0.4, 0.5) is 11.4 Å². The number of anilines is 2. The molecule has 3 rings (SSSR count). The molecule has 0 unspecified atom stereocenters. The van der Waals surface area contributed by atoms with Crippen LogP contribution in [0.15, 0.2) is 39.9 Å². The summed E-state index contributed by atoms with van der Waals surface area (Å²) < 4.78 is 5.00. The third-order valence-corrected chi connectivity index (χ3v) is 4.65. The maximum Gasteiger partial charge on any atom is 0.253 e. The summed E-state index contributed by atoms with van der Waals surface area (Å²) in [4.78, 5) is 28.3. The zero-order valence-electron chi connectivity index (χ0n) is 14.7. The van der Waals surface area contributed by atoms with Gasteiger partial charge in [-0.15, -0.1) is 0 Å². The first kappa shape index (κ1) is 17.6. The molecule has 25 heavy (non-hydrogen) atoms. The van der Waals surface area contributed by atoms with Crippen LogP contribution in [0.2, 0.25) is 0 Å². The molecular weight excluding hydrogens is 318 g/mol. The largest absolute Gasteiger partial charge is 0.385 e. The maximum absolute atomic E-state index is 12.0. The first-order valence-electron chi connectivity index (χ1n) is 8.78. The molecule has 0 atom stereocenters. The molecule has 1 aliphatic heterocycles. The Morgan fingerprint density at radius 3 is 2.44 bits per heavy atom. The van der Waals surface area contributed by atoms with Crippen molar-refractivity contribution in [3.8, 4) is 0 Å². The molecule has 0 aromatic heterocycles. The Balaban J connectivity index is 1.55. The van der Waals surface area contributed by atoms with Crippen molar-refractivity contribution in [1.29, 1.82) is 0 Å². The van der Waals surface area contributed by atoms with E-state index in [2.05, 4.69) is 34.5 Å². The van der Waals surface area contributed by atoms with E-state index in [9.17, 15) is 9.59 Å². The van der Waals surface area contributed by atoms with Crippen molar-refractivity contribution in [1.82, 2.24) is 4.90 Å². The molecule has 1 saturated heterocycles. The summed E-state index contributed by atoms with van der Waals surface area (Å²) in [6.07, 6.45) is 0.805. The number of methoxy groups -OCH3 is 1. The van der Waals surface area contributed by atoms with E-state index >= 15 is 0 Å².